The summed E-state index contributed by atoms with van der Waals surface area (Å²) in [6.07, 6.45) is 2.71. The van der Waals surface area contributed by atoms with Crippen LogP contribution in [0.2, 0.25) is 0 Å². The summed E-state index contributed by atoms with van der Waals surface area (Å²) in [6, 6.07) is 7.36. The maximum absolute atomic E-state index is 11.6. The normalized spacial score (nSPS) is 19.4. The second-order valence-electron chi connectivity index (χ2n) is 5.17. The highest BCUT2D eigenvalue weighted by molar-refractivity contribution is 6.01. The van der Waals surface area contributed by atoms with Crippen molar-refractivity contribution < 1.29 is 9.53 Å². The Labute approximate surface area is 117 Å². The molecule has 1 saturated heterocycles. The van der Waals surface area contributed by atoms with Crippen LogP contribution in [0.25, 0.3) is 10.9 Å². The molecule has 5 nitrogen and oxygen atoms in total. The molecule has 2 heterocycles. The summed E-state index contributed by atoms with van der Waals surface area (Å²) < 4.78 is 6.05. The number of carbonyl (C=O) groups is 1. The van der Waals surface area contributed by atoms with Gasteiger partial charge in [0.05, 0.1) is 5.56 Å². The molecule has 2 aromatic rings. The van der Waals surface area contributed by atoms with Crippen LogP contribution in [0, 0.1) is 0 Å². The molecule has 0 radical (unpaired) electrons. The Morgan fingerprint density at radius 3 is 3.00 bits per heavy atom. The van der Waals surface area contributed by atoms with Crippen molar-refractivity contribution in [3.63, 3.8) is 0 Å². The van der Waals surface area contributed by atoms with E-state index >= 15 is 0 Å². The van der Waals surface area contributed by atoms with E-state index in [0.717, 1.165) is 24.9 Å². The number of nitrogens with two attached hydrogens (primary N) is 1. The summed E-state index contributed by atoms with van der Waals surface area (Å²) in [4.78, 5) is 18.1. The second-order valence-corrected chi connectivity index (χ2v) is 5.17. The fraction of sp³-hybridized carbons (Fsp3) is 0.333. The lowest BCUT2D eigenvalue weighted by Crippen LogP contribution is -2.23. The van der Waals surface area contributed by atoms with E-state index in [1.54, 1.807) is 12.3 Å². The highest BCUT2D eigenvalue weighted by Crippen LogP contribution is 2.30. The van der Waals surface area contributed by atoms with E-state index in [4.69, 9.17) is 10.5 Å². The third kappa shape index (κ3) is 2.32. The Kier molecular flexibility index (Phi) is 3.28. The first-order valence-corrected chi connectivity index (χ1v) is 6.68. The summed E-state index contributed by atoms with van der Waals surface area (Å²) in [5, 5.41) is 0.943. The molecule has 0 spiro atoms. The van der Waals surface area contributed by atoms with Gasteiger partial charge in [-0.3, -0.25) is 9.78 Å². The maximum Gasteiger partial charge on any atom is 0.252 e. The number of aromatic nitrogens is 1. The number of pyridine rings is 1. The number of benzene rings is 1. The molecular formula is C15H17N3O2. The first-order chi connectivity index (χ1) is 9.65. The quantitative estimate of drug-likeness (QED) is 0.916. The van der Waals surface area contributed by atoms with Crippen molar-refractivity contribution in [2.24, 2.45) is 5.73 Å². The number of hydrogen-bond donors (Lipinski definition) is 1. The predicted octanol–water partition coefficient (Wildman–Crippen LogP) is 1.42. The van der Waals surface area contributed by atoms with Crippen molar-refractivity contribution >= 4 is 16.8 Å². The fourth-order valence-corrected chi connectivity index (χ4v) is 2.59. The van der Waals surface area contributed by atoms with Gasteiger partial charge in [-0.1, -0.05) is 12.1 Å². The van der Waals surface area contributed by atoms with E-state index < -0.39 is 5.91 Å². The van der Waals surface area contributed by atoms with Crippen molar-refractivity contribution in [2.75, 3.05) is 20.1 Å². The van der Waals surface area contributed by atoms with Gasteiger partial charge in [-0.15, -0.1) is 0 Å². The zero-order valence-electron chi connectivity index (χ0n) is 11.4. The van der Waals surface area contributed by atoms with Crippen molar-refractivity contribution in [1.29, 1.82) is 0 Å². The third-order valence-electron chi connectivity index (χ3n) is 3.63. The van der Waals surface area contributed by atoms with Crippen molar-refractivity contribution in [1.82, 2.24) is 9.88 Å². The van der Waals surface area contributed by atoms with Gasteiger partial charge in [0.1, 0.15) is 11.6 Å². The molecule has 0 saturated carbocycles. The molecule has 1 aliphatic heterocycles. The lowest BCUT2D eigenvalue weighted by Gasteiger charge is -2.17. The van der Waals surface area contributed by atoms with Crippen LogP contribution in [-0.4, -0.2) is 42.0 Å². The molecule has 1 aromatic carbocycles. The molecular weight excluding hydrogens is 254 g/mol. The molecule has 3 rings (SSSR count). The van der Waals surface area contributed by atoms with Gasteiger partial charge in [-0.05, 0) is 25.6 Å². The van der Waals surface area contributed by atoms with E-state index in [2.05, 4.69) is 16.9 Å². The van der Waals surface area contributed by atoms with Crippen LogP contribution in [0.1, 0.15) is 16.8 Å². The molecule has 1 aromatic heterocycles. The Hall–Kier alpha value is -2.14. The lowest BCUT2D eigenvalue weighted by molar-refractivity contribution is 0.0993. The van der Waals surface area contributed by atoms with E-state index in [1.807, 2.05) is 18.2 Å². The van der Waals surface area contributed by atoms with Gasteiger partial charge in [0.25, 0.3) is 5.91 Å². The Morgan fingerprint density at radius 2 is 2.30 bits per heavy atom. The second kappa shape index (κ2) is 5.09. The number of carbonyl (C=O) groups excluding carboxylic acids is 1. The van der Waals surface area contributed by atoms with Gasteiger partial charge in [-0.2, -0.15) is 0 Å². The molecule has 2 N–H and O–H groups in total. The third-order valence-corrected chi connectivity index (χ3v) is 3.63. The molecule has 20 heavy (non-hydrogen) atoms. The average Bonchev–Trinajstić information content (AvgIpc) is 2.84. The Bertz CT molecular complexity index is 657. The fourth-order valence-electron chi connectivity index (χ4n) is 2.59. The van der Waals surface area contributed by atoms with Crippen LogP contribution < -0.4 is 10.5 Å². The van der Waals surface area contributed by atoms with Crippen molar-refractivity contribution in [2.45, 2.75) is 12.5 Å². The SMILES string of the molecule is CN1CCC(Oc2c(C(N)=O)ccc3cccnc23)C1. The van der Waals surface area contributed by atoms with Crippen LogP contribution in [0.3, 0.4) is 0 Å². The molecule has 1 atom stereocenters. The average molecular weight is 271 g/mol. The minimum Gasteiger partial charge on any atom is -0.486 e. The van der Waals surface area contributed by atoms with Crippen molar-refractivity contribution in [3.05, 3.63) is 36.0 Å². The number of ether oxygens (including phenoxy) is 1. The minimum absolute atomic E-state index is 0.0747. The van der Waals surface area contributed by atoms with Crippen LogP contribution in [0.4, 0.5) is 0 Å². The number of amides is 1. The maximum atomic E-state index is 11.6. The molecule has 1 unspecified atom stereocenters. The van der Waals surface area contributed by atoms with Crippen LogP contribution in [0.5, 0.6) is 5.75 Å². The van der Waals surface area contributed by atoms with E-state index in [-0.39, 0.29) is 6.10 Å². The minimum atomic E-state index is -0.487. The van der Waals surface area contributed by atoms with Gasteiger partial charge in [-0.25, -0.2) is 0 Å². The standard InChI is InChI=1S/C15H17N3O2/c1-18-8-6-11(9-18)20-14-12(15(16)19)5-4-10-3-2-7-17-13(10)14/h2-5,7,11H,6,8-9H2,1H3,(H2,16,19). The molecule has 5 heteroatoms. The lowest BCUT2D eigenvalue weighted by atomic mass is 10.1. The van der Waals surface area contributed by atoms with E-state index in [9.17, 15) is 4.79 Å². The summed E-state index contributed by atoms with van der Waals surface area (Å²) in [6.45, 7) is 1.84. The molecule has 1 amide bonds. The highest BCUT2D eigenvalue weighted by atomic mass is 16.5. The summed E-state index contributed by atoms with van der Waals surface area (Å²) in [5.41, 5.74) is 6.54. The molecule has 1 fully saturated rings. The first kappa shape index (κ1) is 12.9. The number of likely N-dealkylation sites (N-methyl/N-ethyl adjacent to an activating group) is 1. The van der Waals surface area contributed by atoms with Gasteiger partial charge in [0.2, 0.25) is 0 Å². The number of likely N-dealkylation sites (tertiary alicyclic amines) is 1. The molecule has 104 valence electrons. The first-order valence-electron chi connectivity index (χ1n) is 6.68. The molecule has 0 bridgehead atoms. The van der Waals surface area contributed by atoms with Crippen molar-refractivity contribution in [3.8, 4) is 5.75 Å². The monoisotopic (exact) mass is 271 g/mol. The van der Waals surface area contributed by atoms with E-state index in [1.165, 1.54) is 0 Å². The predicted molar refractivity (Wildman–Crippen MR) is 76.8 cm³/mol. The Morgan fingerprint density at radius 1 is 1.45 bits per heavy atom. The van der Waals surface area contributed by atoms with Gasteiger partial charge < -0.3 is 15.4 Å². The summed E-state index contributed by atoms with van der Waals surface area (Å²) in [7, 11) is 2.06. The van der Waals surface area contributed by atoms with Gasteiger partial charge in [0, 0.05) is 24.7 Å². The summed E-state index contributed by atoms with van der Waals surface area (Å²) >= 11 is 0. The largest absolute Gasteiger partial charge is 0.486 e. The Balaban J connectivity index is 2.05. The van der Waals surface area contributed by atoms with Crippen LogP contribution >= 0.6 is 0 Å². The molecule has 0 aliphatic carbocycles. The topological polar surface area (TPSA) is 68.5 Å². The van der Waals surface area contributed by atoms with Crippen LogP contribution in [0.15, 0.2) is 30.5 Å². The highest BCUT2D eigenvalue weighted by Gasteiger charge is 2.24. The number of fused-ring (bicyclic) bond motifs is 1. The summed E-state index contributed by atoms with van der Waals surface area (Å²) in [5.74, 6) is 0.0230. The van der Waals surface area contributed by atoms with Gasteiger partial charge >= 0.3 is 0 Å². The zero-order chi connectivity index (χ0) is 14.1. The van der Waals surface area contributed by atoms with Gasteiger partial charge in [0.15, 0.2) is 5.75 Å². The number of nitrogens with zero attached hydrogens (tertiary/aromatic N) is 2. The van der Waals surface area contributed by atoms with E-state index in [0.29, 0.717) is 16.8 Å². The van der Waals surface area contributed by atoms with Crippen LogP contribution in [-0.2, 0) is 0 Å². The zero-order valence-corrected chi connectivity index (χ0v) is 11.4. The molecule has 1 aliphatic rings. The smallest absolute Gasteiger partial charge is 0.252 e. The number of hydrogen-bond acceptors (Lipinski definition) is 4. The number of primary amides is 1. The number of rotatable bonds is 3.